The molecule has 2 aromatic rings. The third kappa shape index (κ3) is 3.59. The van der Waals surface area contributed by atoms with Crippen LogP contribution in [0.15, 0.2) is 23.0 Å². The molecule has 2 rings (SSSR count). The van der Waals surface area contributed by atoms with Gasteiger partial charge in [0.2, 0.25) is 0 Å². The third-order valence-electron chi connectivity index (χ3n) is 4.39. The summed E-state index contributed by atoms with van der Waals surface area (Å²) in [7, 11) is 3.64. The monoisotopic (exact) mass is 304 g/mol. The molecule has 0 radical (unpaired) electrons. The van der Waals surface area contributed by atoms with Crippen LogP contribution in [-0.2, 0) is 20.6 Å². The number of aryl methyl sites for hydroxylation is 2. The fraction of sp³-hybridized carbons (Fsp3) is 0.588. The van der Waals surface area contributed by atoms with Crippen molar-refractivity contribution in [2.24, 2.45) is 14.1 Å². The second kappa shape index (κ2) is 7.61. The van der Waals surface area contributed by atoms with E-state index in [0.29, 0.717) is 0 Å². The van der Waals surface area contributed by atoms with E-state index in [9.17, 15) is 4.79 Å². The molecule has 1 aromatic heterocycles. The van der Waals surface area contributed by atoms with Gasteiger partial charge in [0.1, 0.15) is 0 Å². The molecule has 22 heavy (non-hydrogen) atoms. The highest BCUT2D eigenvalue weighted by molar-refractivity contribution is 5.76. The summed E-state index contributed by atoms with van der Waals surface area (Å²) in [6.45, 7) is 9.66. The van der Waals surface area contributed by atoms with Crippen molar-refractivity contribution < 1.29 is 0 Å². The van der Waals surface area contributed by atoms with Gasteiger partial charge in [-0.15, -0.1) is 0 Å². The molecule has 0 aliphatic heterocycles. The number of hydrogen-bond acceptors (Lipinski definition) is 3. The Labute approximate surface area is 132 Å². The van der Waals surface area contributed by atoms with E-state index in [2.05, 4.69) is 36.2 Å². The molecule has 0 bridgehead atoms. The van der Waals surface area contributed by atoms with Crippen LogP contribution in [-0.4, -0.2) is 40.2 Å². The summed E-state index contributed by atoms with van der Waals surface area (Å²) in [6, 6.07) is 6.23. The van der Waals surface area contributed by atoms with Crippen molar-refractivity contribution in [3.63, 3.8) is 0 Å². The summed E-state index contributed by atoms with van der Waals surface area (Å²) in [6.07, 6.45) is 1.16. The number of nitrogens with one attached hydrogen (secondary N) is 1. The van der Waals surface area contributed by atoms with Gasteiger partial charge in [0, 0.05) is 20.6 Å². The Morgan fingerprint density at radius 1 is 1.09 bits per heavy atom. The van der Waals surface area contributed by atoms with Crippen LogP contribution in [0.3, 0.4) is 0 Å². The summed E-state index contributed by atoms with van der Waals surface area (Å²) in [5.74, 6) is 0. The summed E-state index contributed by atoms with van der Waals surface area (Å²) >= 11 is 0. The van der Waals surface area contributed by atoms with Gasteiger partial charge < -0.3 is 10.2 Å². The molecule has 0 saturated carbocycles. The molecule has 0 atom stereocenters. The second-order valence-electron chi connectivity index (χ2n) is 5.78. The molecule has 0 amide bonds. The Balaban J connectivity index is 1.90. The predicted octanol–water partition coefficient (Wildman–Crippen LogP) is 1.70. The number of benzene rings is 1. The summed E-state index contributed by atoms with van der Waals surface area (Å²) in [5, 5.41) is 3.49. The van der Waals surface area contributed by atoms with Crippen molar-refractivity contribution in [3.05, 3.63) is 34.2 Å². The van der Waals surface area contributed by atoms with Gasteiger partial charge in [0.05, 0.1) is 11.0 Å². The summed E-state index contributed by atoms with van der Waals surface area (Å²) < 4.78 is 3.40. The fourth-order valence-corrected chi connectivity index (χ4v) is 2.86. The first-order chi connectivity index (χ1) is 10.6. The van der Waals surface area contributed by atoms with Gasteiger partial charge in [-0.1, -0.05) is 19.9 Å². The maximum atomic E-state index is 11.9. The lowest BCUT2D eigenvalue weighted by atomic mass is 10.2. The molecule has 1 heterocycles. The van der Waals surface area contributed by atoms with Crippen LogP contribution in [0.25, 0.3) is 11.0 Å². The minimum atomic E-state index is 0.0272. The second-order valence-corrected chi connectivity index (χ2v) is 5.78. The average molecular weight is 304 g/mol. The van der Waals surface area contributed by atoms with Gasteiger partial charge in [-0.3, -0.25) is 9.13 Å². The Morgan fingerprint density at radius 2 is 1.77 bits per heavy atom. The average Bonchev–Trinajstić information content (AvgIpc) is 2.75. The number of imidazole rings is 1. The van der Waals surface area contributed by atoms with E-state index in [1.165, 1.54) is 5.56 Å². The zero-order chi connectivity index (χ0) is 16.1. The van der Waals surface area contributed by atoms with Crippen LogP contribution in [0.2, 0.25) is 0 Å². The first-order valence-electron chi connectivity index (χ1n) is 8.15. The Hall–Kier alpha value is -1.59. The Morgan fingerprint density at radius 3 is 2.45 bits per heavy atom. The maximum Gasteiger partial charge on any atom is 0.328 e. The number of aromatic nitrogens is 2. The van der Waals surface area contributed by atoms with E-state index < -0.39 is 0 Å². The van der Waals surface area contributed by atoms with Gasteiger partial charge in [-0.05, 0) is 50.3 Å². The first-order valence-corrected chi connectivity index (χ1v) is 8.15. The molecular weight excluding hydrogens is 276 g/mol. The molecule has 0 fully saturated rings. The highest BCUT2D eigenvalue weighted by atomic mass is 16.1. The molecule has 1 aromatic carbocycles. The molecule has 5 heteroatoms. The molecule has 0 saturated heterocycles. The van der Waals surface area contributed by atoms with Crippen molar-refractivity contribution in [2.45, 2.75) is 26.8 Å². The van der Waals surface area contributed by atoms with Gasteiger partial charge in [0.15, 0.2) is 0 Å². The highest BCUT2D eigenvalue weighted by Gasteiger charge is 2.07. The molecule has 1 N–H and O–H groups in total. The zero-order valence-corrected chi connectivity index (χ0v) is 14.2. The number of hydrogen-bond donors (Lipinski definition) is 1. The van der Waals surface area contributed by atoms with Crippen molar-refractivity contribution in [1.82, 2.24) is 19.4 Å². The van der Waals surface area contributed by atoms with Crippen molar-refractivity contribution in [2.75, 3.05) is 26.2 Å². The minimum Gasteiger partial charge on any atom is -0.313 e. The van der Waals surface area contributed by atoms with Crippen LogP contribution in [0.4, 0.5) is 0 Å². The minimum absolute atomic E-state index is 0.0272. The lowest BCUT2D eigenvalue weighted by molar-refractivity contribution is 0.298. The van der Waals surface area contributed by atoms with Crippen molar-refractivity contribution >= 4 is 11.0 Å². The molecule has 5 nitrogen and oxygen atoms in total. The van der Waals surface area contributed by atoms with Crippen molar-refractivity contribution in [3.8, 4) is 0 Å². The van der Waals surface area contributed by atoms with Crippen LogP contribution in [0.1, 0.15) is 25.8 Å². The van der Waals surface area contributed by atoms with Crippen LogP contribution >= 0.6 is 0 Å². The van der Waals surface area contributed by atoms with E-state index in [1.54, 1.807) is 9.13 Å². The number of nitrogens with zero attached hydrogens (tertiary/aromatic N) is 3. The summed E-state index contributed by atoms with van der Waals surface area (Å²) in [5.41, 5.74) is 3.23. The van der Waals surface area contributed by atoms with E-state index in [4.69, 9.17) is 0 Å². The maximum absolute atomic E-state index is 11.9. The van der Waals surface area contributed by atoms with Crippen LogP contribution < -0.4 is 11.0 Å². The lowest BCUT2D eigenvalue weighted by Gasteiger charge is -2.17. The third-order valence-corrected chi connectivity index (χ3v) is 4.39. The lowest BCUT2D eigenvalue weighted by Crippen LogP contribution is -2.27. The van der Waals surface area contributed by atoms with Gasteiger partial charge in [-0.25, -0.2) is 4.79 Å². The quantitative estimate of drug-likeness (QED) is 0.755. The molecule has 122 valence electrons. The predicted molar refractivity (Wildman–Crippen MR) is 92.3 cm³/mol. The number of rotatable bonds is 8. The number of fused-ring (bicyclic) bond motifs is 1. The van der Waals surface area contributed by atoms with Crippen LogP contribution in [0, 0.1) is 0 Å². The zero-order valence-electron chi connectivity index (χ0n) is 14.2. The molecule has 0 spiro atoms. The highest BCUT2D eigenvalue weighted by Crippen LogP contribution is 2.13. The molecular formula is C17H28N4O. The van der Waals surface area contributed by atoms with Gasteiger partial charge in [-0.2, -0.15) is 0 Å². The smallest absolute Gasteiger partial charge is 0.313 e. The molecule has 0 aliphatic carbocycles. The fourth-order valence-electron chi connectivity index (χ4n) is 2.86. The van der Waals surface area contributed by atoms with E-state index in [0.717, 1.165) is 50.2 Å². The standard InChI is InChI=1S/C17H28N4O/c1-5-21(6-2)11-7-10-18-13-14-8-9-15-16(12-14)20(4)17(22)19(15)3/h8-9,12,18H,5-7,10-11,13H2,1-4H3. The van der Waals surface area contributed by atoms with Crippen LogP contribution in [0.5, 0.6) is 0 Å². The van der Waals surface area contributed by atoms with Gasteiger partial charge in [0.25, 0.3) is 0 Å². The Kier molecular flexibility index (Phi) is 5.80. The SMILES string of the molecule is CCN(CC)CCCNCc1ccc2c(c1)n(C)c(=O)n2C. The van der Waals surface area contributed by atoms with Gasteiger partial charge >= 0.3 is 5.69 Å². The largest absolute Gasteiger partial charge is 0.328 e. The van der Waals surface area contributed by atoms with Crippen molar-refractivity contribution in [1.29, 1.82) is 0 Å². The van der Waals surface area contributed by atoms with E-state index >= 15 is 0 Å². The van der Waals surface area contributed by atoms with E-state index in [-0.39, 0.29) is 5.69 Å². The summed E-state index contributed by atoms with van der Waals surface area (Å²) in [4.78, 5) is 14.4. The molecule has 0 unspecified atom stereocenters. The normalized spacial score (nSPS) is 11.7. The topological polar surface area (TPSA) is 42.2 Å². The van der Waals surface area contributed by atoms with E-state index in [1.807, 2.05) is 20.2 Å². The molecule has 0 aliphatic rings. The first kappa shape index (κ1) is 16.8. The Bertz CT molecular complexity index is 667.